The molecule has 0 aliphatic heterocycles. The van der Waals surface area contributed by atoms with Crippen molar-refractivity contribution in [2.24, 2.45) is 0 Å². The molecule has 1 aromatic carbocycles. The third-order valence-electron chi connectivity index (χ3n) is 3.70. The van der Waals surface area contributed by atoms with Crippen molar-refractivity contribution in [2.75, 3.05) is 30.4 Å². The van der Waals surface area contributed by atoms with Crippen LogP contribution in [-0.2, 0) is 0 Å². The van der Waals surface area contributed by atoms with Gasteiger partial charge in [-0.15, -0.1) is 0 Å². The first-order valence-electron chi connectivity index (χ1n) is 8.64. The maximum absolute atomic E-state index is 12.6. The number of rotatable bonds is 8. The number of carbonyl (C=O) groups excluding carboxylic acids is 1. The van der Waals surface area contributed by atoms with Gasteiger partial charge in [0.2, 0.25) is 5.95 Å². The number of benzene rings is 1. The molecule has 0 radical (unpaired) electrons. The number of anilines is 2. The van der Waals surface area contributed by atoms with Crippen LogP contribution in [0.4, 0.5) is 11.6 Å². The van der Waals surface area contributed by atoms with Gasteiger partial charge in [-0.05, 0) is 38.0 Å². The second kappa shape index (κ2) is 9.01. The minimum atomic E-state index is -0.274. The zero-order chi connectivity index (χ0) is 18.2. The summed E-state index contributed by atoms with van der Waals surface area (Å²) in [5, 5.41) is 2.86. The van der Waals surface area contributed by atoms with Gasteiger partial charge in [-0.25, -0.2) is 9.97 Å². The Balaban J connectivity index is 2.27. The largest absolute Gasteiger partial charge is 0.495 e. The Kier molecular flexibility index (Phi) is 6.74. The quantitative estimate of drug-likeness (QED) is 0.793. The zero-order valence-electron chi connectivity index (χ0n) is 15.4. The van der Waals surface area contributed by atoms with Crippen LogP contribution < -0.4 is 15.0 Å². The molecule has 0 saturated carbocycles. The second-order valence-electron chi connectivity index (χ2n) is 5.84. The number of ether oxygens (including phenoxy) is 1. The van der Waals surface area contributed by atoms with E-state index in [4.69, 9.17) is 4.74 Å². The molecule has 1 heterocycles. The summed E-state index contributed by atoms with van der Waals surface area (Å²) in [5.74, 6) is 0.943. The Hall–Kier alpha value is -2.63. The molecule has 1 amide bonds. The summed E-state index contributed by atoms with van der Waals surface area (Å²) in [6.45, 7) is 7.85. The fourth-order valence-electron chi connectivity index (χ4n) is 2.60. The molecule has 2 aromatic rings. The molecule has 0 saturated heterocycles. The summed E-state index contributed by atoms with van der Waals surface area (Å²) in [5.41, 5.74) is 1.74. The van der Waals surface area contributed by atoms with Gasteiger partial charge < -0.3 is 15.0 Å². The van der Waals surface area contributed by atoms with E-state index in [1.807, 2.05) is 19.1 Å². The highest BCUT2D eigenvalue weighted by atomic mass is 16.5. The number of nitrogens with one attached hydrogen (secondary N) is 1. The van der Waals surface area contributed by atoms with Crippen LogP contribution >= 0.6 is 0 Å². The van der Waals surface area contributed by atoms with Crippen molar-refractivity contribution in [3.05, 3.63) is 41.7 Å². The predicted octanol–water partition coefficient (Wildman–Crippen LogP) is 3.67. The topological polar surface area (TPSA) is 67.4 Å². The first kappa shape index (κ1) is 18.7. The molecule has 0 aliphatic rings. The van der Waals surface area contributed by atoms with Crippen molar-refractivity contribution in [3.63, 3.8) is 0 Å². The van der Waals surface area contributed by atoms with E-state index in [-0.39, 0.29) is 5.91 Å². The van der Waals surface area contributed by atoms with E-state index in [9.17, 15) is 4.79 Å². The first-order valence-corrected chi connectivity index (χ1v) is 8.64. The number of hydrogen-bond acceptors (Lipinski definition) is 5. The van der Waals surface area contributed by atoms with E-state index in [2.05, 4.69) is 34.0 Å². The average molecular weight is 342 g/mol. The Bertz CT molecular complexity index is 712. The molecule has 0 aliphatic carbocycles. The van der Waals surface area contributed by atoms with E-state index < -0.39 is 0 Å². The van der Waals surface area contributed by atoms with Gasteiger partial charge in [0.05, 0.1) is 12.8 Å². The van der Waals surface area contributed by atoms with Crippen molar-refractivity contribution < 1.29 is 9.53 Å². The summed E-state index contributed by atoms with van der Waals surface area (Å²) in [4.78, 5) is 23.8. The maximum atomic E-state index is 12.6. The molecule has 0 spiro atoms. The molecule has 134 valence electrons. The second-order valence-corrected chi connectivity index (χ2v) is 5.84. The number of amides is 1. The molecular formula is C19H26N4O2. The van der Waals surface area contributed by atoms with E-state index >= 15 is 0 Å². The lowest BCUT2D eigenvalue weighted by Crippen LogP contribution is -2.28. The molecule has 2 rings (SSSR count). The Morgan fingerprint density at radius 3 is 2.48 bits per heavy atom. The van der Waals surface area contributed by atoms with Gasteiger partial charge in [0.25, 0.3) is 5.91 Å². The number of para-hydroxylation sites is 2. The Morgan fingerprint density at radius 2 is 1.84 bits per heavy atom. The molecule has 6 nitrogen and oxygen atoms in total. The van der Waals surface area contributed by atoms with Crippen LogP contribution in [-0.4, -0.2) is 36.1 Å². The zero-order valence-corrected chi connectivity index (χ0v) is 15.4. The maximum Gasteiger partial charge on any atom is 0.274 e. The third kappa shape index (κ3) is 4.92. The van der Waals surface area contributed by atoms with E-state index in [1.165, 1.54) is 0 Å². The van der Waals surface area contributed by atoms with Gasteiger partial charge in [-0.2, -0.15) is 0 Å². The highest BCUT2D eigenvalue weighted by Crippen LogP contribution is 2.23. The number of hydrogen-bond donors (Lipinski definition) is 1. The standard InChI is InChI=1S/C19H26N4O2/c1-5-11-23(12-6-2)19-20-14(3)13-16(22-19)18(24)21-15-9-7-8-10-17(15)25-4/h7-10,13H,5-6,11-12H2,1-4H3,(H,21,24). The minimum Gasteiger partial charge on any atom is -0.495 e. The van der Waals surface area contributed by atoms with Crippen molar-refractivity contribution in [1.82, 2.24) is 9.97 Å². The lowest BCUT2D eigenvalue weighted by atomic mass is 10.2. The average Bonchev–Trinajstić information content (AvgIpc) is 2.61. The van der Waals surface area contributed by atoms with Crippen LogP contribution in [0.2, 0.25) is 0 Å². The first-order chi connectivity index (χ1) is 12.1. The molecule has 25 heavy (non-hydrogen) atoms. The lowest BCUT2D eigenvalue weighted by Gasteiger charge is -2.22. The molecule has 0 atom stereocenters. The fourth-order valence-corrected chi connectivity index (χ4v) is 2.60. The highest BCUT2D eigenvalue weighted by Gasteiger charge is 2.15. The van der Waals surface area contributed by atoms with E-state index in [0.29, 0.717) is 23.1 Å². The van der Waals surface area contributed by atoms with Crippen LogP contribution in [0.3, 0.4) is 0 Å². The van der Waals surface area contributed by atoms with Gasteiger partial charge >= 0.3 is 0 Å². The Labute approximate surface area is 149 Å². The van der Waals surface area contributed by atoms with Gasteiger partial charge in [0, 0.05) is 18.8 Å². The van der Waals surface area contributed by atoms with E-state index in [1.54, 1.807) is 25.3 Å². The van der Waals surface area contributed by atoms with Gasteiger partial charge in [-0.3, -0.25) is 4.79 Å². The van der Waals surface area contributed by atoms with Crippen LogP contribution in [0.1, 0.15) is 42.9 Å². The molecular weight excluding hydrogens is 316 g/mol. The summed E-state index contributed by atoms with van der Waals surface area (Å²) in [7, 11) is 1.57. The van der Waals surface area contributed by atoms with Crippen LogP contribution in [0.5, 0.6) is 5.75 Å². The minimum absolute atomic E-state index is 0.274. The van der Waals surface area contributed by atoms with Crippen LogP contribution in [0.15, 0.2) is 30.3 Å². The van der Waals surface area contributed by atoms with Gasteiger partial charge in [0.1, 0.15) is 11.4 Å². The molecule has 1 N–H and O–H groups in total. The number of aromatic nitrogens is 2. The monoisotopic (exact) mass is 342 g/mol. The smallest absolute Gasteiger partial charge is 0.274 e. The lowest BCUT2D eigenvalue weighted by molar-refractivity contribution is 0.102. The SMILES string of the molecule is CCCN(CCC)c1nc(C)cc(C(=O)Nc2ccccc2OC)n1. The number of carbonyl (C=O) groups is 1. The molecule has 0 bridgehead atoms. The number of methoxy groups -OCH3 is 1. The van der Waals surface area contributed by atoms with Gasteiger partial charge in [0.15, 0.2) is 0 Å². The number of aryl methyl sites for hydroxylation is 1. The summed E-state index contributed by atoms with van der Waals surface area (Å²) in [6, 6.07) is 9.00. The molecule has 0 fully saturated rings. The van der Waals surface area contributed by atoms with Crippen LogP contribution in [0.25, 0.3) is 0 Å². The third-order valence-corrected chi connectivity index (χ3v) is 3.70. The highest BCUT2D eigenvalue weighted by molar-refractivity contribution is 6.03. The normalized spacial score (nSPS) is 10.4. The Morgan fingerprint density at radius 1 is 1.16 bits per heavy atom. The van der Waals surface area contributed by atoms with E-state index in [0.717, 1.165) is 31.6 Å². The summed E-state index contributed by atoms with van der Waals surface area (Å²) >= 11 is 0. The summed E-state index contributed by atoms with van der Waals surface area (Å²) in [6.07, 6.45) is 2.00. The van der Waals surface area contributed by atoms with Crippen molar-refractivity contribution in [1.29, 1.82) is 0 Å². The fraction of sp³-hybridized carbons (Fsp3) is 0.421. The summed E-state index contributed by atoms with van der Waals surface area (Å²) < 4.78 is 5.28. The van der Waals surface area contributed by atoms with Crippen molar-refractivity contribution in [3.8, 4) is 5.75 Å². The molecule has 0 unspecified atom stereocenters. The predicted molar refractivity (Wildman–Crippen MR) is 101 cm³/mol. The van der Waals surface area contributed by atoms with Gasteiger partial charge in [-0.1, -0.05) is 26.0 Å². The van der Waals surface area contributed by atoms with Crippen molar-refractivity contribution >= 4 is 17.5 Å². The van der Waals surface area contributed by atoms with Crippen molar-refractivity contribution in [2.45, 2.75) is 33.6 Å². The molecule has 6 heteroatoms. The van der Waals surface area contributed by atoms with Crippen LogP contribution in [0, 0.1) is 6.92 Å². The number of nitrogens with zero attached hydrogens (tertiary/aromatic N) is 3. The molecule has 1 aromatic heterocycles.